The van der Waals surface area contributed by atoms with Crippen molar-refractivity contribution in [3.8, 4) is 0 Å². The summed E-state index contributed by atoms with van der Waals surface area (Å²) in [5, 5.41) is 2.84. The molecule has 0 aliphatic carbocycles. The number of urea groups is 1. The van der Waals surface area contributed by atoms with E-state index in [4.69, 9.17) is 0 Å². The minimum absolute atomic E-state index is 0.00795. The van der Waals surface area contributed by atoms with Gasteiger partial charge in [-0.15, -0.1) is 6.58 Å². The van der Waals surface area contributed by atoms with Crippen LogP contribution in [-0.2, 0) is 6.54 Å². The van der Waals surface area contributed by atoms with Crippen LogP contribution in [0.4, 0.5) is 13.6 Å². The molecular formula is C20H27F2N3O. The van der Waals surface area contributed by atoms with Gasteiger partial charge in [0.2, 0.25) is 0 Å². The summed E-state index contributed by atoms with van der Waals surface area (Å²) in [5.74, 6) is -0.372. The maximum absolute atomic E-state index is 13.8. The topological polar surface area (TPSA) is 35.6 Å². The van der Waals surface area contributed by atoms with Gasteiger partial charge in [0.1, 0.15) is 0 Å². The van der Waals surface area contributed by atoms with Gasteiger partial charge in [0.05, 0.1) is 0 Å². The van der Waals surface area contributed by atoms with Crippen LogP contribution in [0.1, 0.15) is 24.8 Å². The molecule has 0 aromatic heterocycles. The van der Waals surface area contributed by atoms with E-state index in [9.17, 15) is 13.6 Å². The van der Waals surface area contributed by atoms with Gasteiger partial charge in [0.25, 0.3) is 0 Å². The van der Waals surface area contributed by atoms with E-state index in [0.717, 1.165) is 51.5 Å². The number of rotatable bonds is 5. The lowest BCUT2D eigenvalue weighted by Gasteiger charge is -2.35. The number of hydrogen-bond donors (Lipinski definition) is 1. The Labute approximate surface area is 153 Å². The minimum atomic E-state index is -0.779. The molecule has 2 fully saturated rings. The van der Waals surface area contributed by atoms with Crippen LogP contribution in [-0.4, -0.2) is 48.6 Å². The Morgan fingerprint density at radius 1 is 1.19 bits per heavy atom. The first-order valence-electron chi connectivity index (χ1n) is 9.37. The summed E-state index contributed by atoms with van der Waals surface area (Å²) in [6.07, 6.45) is 4.82. The zero-order chi connectivity index (χ0) is 18.5. The number of carbonyl (C=O) groups is 1. The first kappa shape index (κ1) is 18.8. The number of amides is 2. The highest BCUT2D eigenvalue weighted by molar-refractivity contribution is 5.74. The van der Waals surface area contributed by atoms with Crippen LogP contribution in [0.5, 0.6) is 0 Å². The molecule has 0 radical (unpaired) electrons. The predicted molar refractivity (Wildman–Crippen MR) is 97.6 cm³/mol. The maximum Gasteiger partial charge on any atom is 0.317 e. The van der Waals surface area contributed by atoms with Crippen molar-refractivity contribution in [2.75, 3.05) is 32.7 Å². The average molecular weight is 363 g/mol. The summed E-state index contributed by atoms with van der Waals surface area (Å²) < 4.78 is 27.2. The highest BCUT2D eigenvalue weighted by Crippen LogP contribution is 2.32. The van der Waals surface area contributed by atoms with Crippen LogP contribution in [0.15, 0.2) is 30.9 Å². The summed E-state index contributed by atoms with van der Waals surface area (Å²) in [6.45, 7) is 7.96. The third-order valence-corrected chi connectivity index (χ3v) is 5.63. The molecule has 1 N–H and O–H groups in total. The largest absolute Gasteiger partial charge is 0.335 e. The predicted octanol–water partition coefficient (Wildman–Crippen LogP) is 3.39. The van der Waals surface area contributed by atoms with E-state index in [0.29, 0.717) is 30.5 Å². The number of halogens is 2. The lowest BCUT2D eigenvalue weighted by molar-refractivity contribution is 0.140. The average Bonchev–Trinajstić information content (AvgIpc) is 3.14. The fraction of sp³-hybridized carbons (Fsp3) is 0.550. The Bertz CT molecular complexity index is 644. The molecule has 1 aromatic carbocycles. The molecule has 2 amide bonds. The number of piperidine rings is 1. The lowest BCUT2D eigenvalue weighted by atomic mass is 9.83. The summed E-state index contributed by atoms with van der Waals surface area (Å²) in [5.41, 5.74) is 0.425. The summed E-state index contributed by atoms with van der Waals surface area (Å²) >= 11 is 0. The lowest BCUT2D eigenvalue weighted by Crippen LogP contribution is -2.40. The third-order valence-electron chi connectivity index (χ3n) is 5.63. The highest BCUT2D eigenvalue weighted by atomic mass is 19.2. The third kappa shape index (κ3) is 4.41. The summed E-state index contributed by atoms with van der Waals surface area (Å²) in [6, 6.07) is 4.36. The monoisotopic (exact) mass is 363 g/mol. The second-order valence-corrected chi connectivity index (χ2v) is 7.30. The van der Waals surface area contributed by atoms with Crippen molar-refractivity contribution in [2.24, 2.45) is 11.8 Å². The van der Waals surface area contributed by atoms with E-state index in [1.54, 1.807) is 18.2 Å². The van der Waals surface area contributed by atoms with Crippen molar-refractivity contribution in [3.05, 3.63) is 48.1 Å². The van der Waals surface area contributed by atoms with Gasteiger partial charge in [0, 0.05) is 31.7 Å². The molecule has 2 aliphatic heterocycles. The minimum Gasteiger partial charge on any atom is -0.335 e. The van der Waals surface area contributed by atoms with E-state index in [-0.39, 0.29) is 6.03 Å². The van der Waals surface area contributed by atoms with E-state index in [1.165, 1.54) is 0 Å². The van der Waals surface area contributed by atoms with Gasteiger partial charge >= 0.3 is 6.03 Å². The fourth-order valence-corrected chi connectivity index (χ4v) is 4.12. The van der Waals surface area contributed by atoms with Crippen LogP contribution in [0.2, 0.25) is 0 Å². The first-order valence-corrected chi connectivity index (χ1v) is 9.37. The molecule has 0 bridgehead atoms. The number of likely N-dealkylation sites (tertiary alicyclic amines) is 2. The summed E-state index contributed by atoms with van der Waals surface area (Å²) in [7, 11) is 0. The summed E-state index contributed by atoms with van der Waals surface area (Å²) in [4.78, 5) is 16.1. The molecule has 142 valence electrons. The van der Waals surface area contributed by atoms with E-state index >= 15 is 0 Å². The molecule has 26 heavy (non-hydrogen) atoms. The zero-order valence-corrected chi connectivity index (χ0v) is 15.1. The van der Waals surface area contributed by atoms with Crippen LogP contribution in [0.25, 0.3) is 0 Å². The SMILES string of the molecule is C=CCNC(=O)N1CC[C@@H](C2CCN(Cc3cccc(F)c3F)CC2)C1. The fourth-order valence-electron chi connectivity index (χ4n) is 4.12. The molecule has 2 heterocycles. The Morgan fingerprint density at radius 3 is 2.65 bits per heavy atom. The van der Waals surface area contributed by atoms with Crippen LogP contribution in [0, 0.1) is 23.5 Å². The van der Waals surface area contributed by atoms with Gasteiger partial charge in [-0.25, -0.2) is 13.6 Å². The molecule has 2 aliphatic rings. The highest BCUT2D eigenvalue weighted by Gasteiger charge is 2.33. The molecule has 1 aromatic rings. The number of hydrogen-bond acceptors (Lipinski definition) is 2. The molecular weight excluding hydrogens is 336 g/mol. The van der Waals surface area contributed by atoms with Gasteiger partial charge in [-0.1, -0.05) is 18.2 Å². The first-order chi connectivity index (χ1) is 12.6. The molecule has 0 saturated carbocycles. The molecule has 0 spiro atoms. The molecule has 6 heteroatoms. The van der Waals surface area contributed by atoms with Crippen molar-refractivity contribution < 1.29 is 13.6 Å². The second kappa shape index (κ2) is 8.62. The van der Waals surface area contributed by atoms with Crippen molar-refractivity contribution in [2.45, 2.75) is 25.8 Å². The van der Waals surface area contributed by atoms with E-state index < -0.39 is 11.6 Å². The Hall–Kier alpha value is -1.95. The molecule has 4 nitrogen and oxygen atoms in total. The number of benzene rings is 1. The smallest absolute Gasteiger partial charge is 0.317 e. The number of nitrogens with zero attached hydrogens (tertiary/aromatic N) is 2. The van der Waals surface area contributed by atoms with Gasteiger partial charge in [-0.2, -0.15) is 0 Å². The van der Waals surface area contributed by atoms with Gasteiger partial charge in [0.15, 0.2) is 11.6 Å². The van der Waals surface area contributed by atoms with Crippen molar-refractivity contribution >= 4 is 6.03 Å². The van der Waals surface area contributed by atoms with Crippen molar-refractivity contribution in [1.82, 2.24) is 15.1 Å². The maximum atomic E-state index is 13.8. The van der Waals surface area contributed by atoms with Crippen LogP contribution >= 0.6 is 0 Å². The van der Waals surface area contributed by atoms with E-state index in [1.807, 2.05) is 4.90 Å². The Balaban J connectivity index is 1.46. The Morgan fingerprint density at radius 2 is 1.92 bits per heavy atom. The zero-order valence-electron chi connectivity index (χ0n) is 15.1. The van der Waals surface area contributed by atoms with Gasteiger partial charge in [-0.3, -0.25) is 4.90 Å². The van der Waals surface area contributed by atoms with E-state index in [2.05, 4.69) is 16.8 Å². The van der Waals surface area contributed by atoms with Crippen molar-refractivity contribution in [3.63, 3.8) is 0 Å². The quantitative estimate of drug-likeness (QED) is 0.814. The molecule has 1 atom stereocenters. The van der Waals surface area contributed by atoms with Gasteiger partial charge < -0.3 is 10.2 Å². The van der Waals surface area contributed by atoms with Crippen molar-refractivity contribution in [1.29, 1.82) is 0 Å². The number of carbonyl (C=O) groups excluding carboxylic acids is 1. The van der Waals surface area contributed by atoms with Crippen LogP contribution < -0.4 is 5.32 Å². The normalized spacial score (nSPS) is 21.8. The molecule has 0 unspecified atom stereocenters. The second-order valence-electron chi connectivity index (χ2n) is 7.30. The Kier molecular flexibility index (Phi) is 6.25. The van der Waals surface area contributed by atoms with Crippen LogP contribution in [0.3, 0.4) is 0 Å². The standard InChI is InChI=1S/C20H27F2N3O/c1-2-9-23-20(26)25-12-8-16(14-25)15-6-10-24(11-7-15)13-17-4-3-5-18(21)19(17)22/h2-5,15-16H,1,6-14H2,(H,23,26)/t16-/m1/s1. The number of nitrogens with one attached hydrogen (secondary N) is 1. The molecule has 3 rings (SSSR count). The van der Waals surface area contributed by atoms with Gasteiger partial charge in [-0.05, 0) is 50.3 Å². The molecule has 2 saturated heterocycles.